The third-order valence-electron chi connectivity index (χ3n) is 2.51. The summed E-state index contributed by atoms with van der Waals surface area (Å²) in [6.07, 6.45) is 1.30. The van der Waals surface area contributed by atoms with Crippen LogP contribution in [0.15, 0.2) is 16.5 Å². The third-order valence-corrected chi connectivity index (χ3v) is 2.51. The van der Waals surface area contributed by atoms with Gasteiger partial charge in [0, 0.05) is 5.92 Å². The molecule has 0 spiro atoms. The van der Waals surface area contributed by atoms with Crippen LogP contribution in [0.3, 0.4) is 0 Å². The van der Waals surface area contributed by atoms with Crippen LogP contribution in [0.4, 0.5) is 0 Å². The van der Waals surface area contributed by atoms with Gasteiger partial charge < -0.3 is 9.73 Å². The minimum atomic E-state index is 0.704. The normalized spacial score (nSPS) is 27.5. The van der Waals surface area contributed by atoms with Crippen molar-refractivity contribution in [1.29, 1.82) is 0 Å². The smallest absolute Gasteiger partial charge is 0.117 e. The fourth-order valence-electron chi connectivity index (χ4n) is 1.58. The van der Waals surface area contributed by atoms with Crippen LogP contribution < -0.4 is 5.32 Å². The lowest BCUT2D eigenvalue weighted by molar-refractivity contribution is 0.452. The second-order valence-corrected chi connectivity index (χ2v) is 3.65. The van der Waals surface area contributed by atoms with Crippen molar-refractivity contribution in [2.24, 2.45) is 5.92 Å². The molecule has 1 aliphatic rings. The van der Waals surface area contributed by atoms with Gasteiger partial charge in [-0.3, -0.25) is 0 Å². The predicted octanol–water partition coefficient (Wildman–Crippen LogP) is 2.12. The number of hydrogen-bond acceptors (Lipinski definition) is 2. The zero-order valence-corrected chi connectivity index (χ0v) is 7.63. The molecule has 66 valence electrons. The highest BCUT2D eigenvalue weighted by Crippen LogP contribution is 2.47. The molecule has 0 radical (unpaired) electrons. The van der Waals surface area contributed by atoms with Crippen molar-refractivity contribution in [3.8, 4) is 0 Å². The molecule has 2 atom stereocenters. The molecule has 0 aromatic carbocycles. The summed E-state index contributed by atoms with van der Waals surface area (Å²) in [5.74, 6) is 3.76. The van der Waals surface area contributed by atoms with E-state index in [2.05, 4.69) is 24.4 Å². The summed E-state index contributed by atoms with van der Waals surface area (Å²) < 4.78 is 5.66. The molecule has 12 heavy (non-hydrogen) atoms. The van der Waals surface area contributed by atoms with Gasteiger partial charge in [-0.1, -0.05) is 6.92 Å². The van der Waals surface area contributed by atoms with E-state index in [0.717, 1.165) is 18.2 Å². The SMILES string of the molecule is CNCc1ccc([C@@H]2C[C@H]2C)o1. The van der Waals surface area contributed by atoms with E-state index in [1.165, 1.54) is 12.2 Å². The van der Waals surface area contributed by atoms with E-state index >= 15 is 0 Å². The van der Waals surface area contributed by atoms with Gasteiger partial charge in [-0.2, -0.15) is 0 Å². The quantitative estimate of drug-likeness (QED) is 0.742. The van der Waals surface area contributed by atoms with Gasteiger partial charge in [0.1, 0.15) is 11.5 Å². The van der Waals surface area contributed by atoms with Gasteiger partial charge in [0.15, 0.2) is 0 Å². The summed E-state index contributed by atoms with van der Waals surface area (Å²) in [4.78, 5) is 0. The predicted molar refractivity (Wildman–Crippen MR) is 48.0 cm³/mol. The Morgan fingerprint density at radius 1 is 1.58 bits per heavy atom. The minimum Gasteiger partial charge on any atom is -0.464 e. The van der Waals surface area contributed by atoms with E-state index in [4.69, 9.17) is 4.42 Å². The molecular weight excluding hydrogens is 150 g/mol. The fourth-order valence-corrected chi connectivity index (χ4v) is 1.58. The van der Waals surface area contributed by atoms with E-state index in [0.29, 0.717) is 5.92 Å². The molecule has 1 aliphatic carbocycles. The average molecular weight is 165 g/mol. The Balaban J connectivity index is 2.04. The van der Waals surface area contributed by atoms with Crippen LogP contribution >= 0.6 is 0 Å². The standard InChI is InChI=1S/C10H15NO/c1-7-5-9(7)10-4-3-8(12-10)6-11-2/h3-4,7,9,11H,5-6H2,1-2H3/t7-,9-/m1/s1. The summed E-state index contributed by atoms with van der Waals surface area (Å²) >= 11 is 0. The Kier molecular flexibility index (Phi) is 1.93. The molecule has 1 aromatic rings. The van der Waals surface area contributed by atoms with E-state index in [9.17, 15) is 0 Å². The van der Waals surface area contributed by atoms with Crippen LogP contribution in [-0.4, -0.2) is 7.05 Å². The lowest BCUT2D eigenvalue weighted by Gasteiger charge is -1.93. The second kappa shape index (κ2) is 2.94. The van der Waals surface area contributed by atoms with E-state index in [1.807, 2.05) is 7.05 Å². The van der Waals surface area contributed by atoms with Crippen molar-refractivity contribution in [2.45, 2.75) is 25.8 Å². The first-order valence-electron chi connectivity index (χ1n) is 4.54. The van der Waals surface area contributed by atoms with Crippen LogP contribution in [0.5, 0.6) is 0 Å². The van der Waals surface area contributed by atoms with Crippen molar-refractivity contribution >= 4 is 0 Å². The molecule has 1 saturated carbocycles. The molecule has 1 aromatic heterocycles. The molecule has 1 N–H and O–H groups in total. The van der Waals surface area contributed by atoms with Crippen LogP contribution in [0.1, 0.15) is 30.8 Å². The minimum absolute atomic E-state index is 0.704. The van der Waals surface area contributed by atoms with E-state index < -0.39 is 0 Å². The number of furan rings is 1. The Labute approximate surface area is 73.0 Å². The van der Waals surface area contributed by atoms with Crippen molar-refractivity contribution in [3.63, 3.8) is 0 Å². The van der Waals surface area contributed by atoms with E-state index in [1.54, 1.807) is 0 Å². The zero-order valence-electron chi connectivity index (χ0n) is 7.63. The second-order valence-electron chi connectivity index (χ2n) is 3.65. The summed E-state index contributed by atoms with van der Waals surface area (Å²) in [5.41, 5.74) is 0. The van der Waals surface area contributed by atoms with Crippen molar-refractivity contribution < 1.29 is 4.42 Å². The molecular formula is C10H15NO. The molecule has 0 bridgehead atoms. The first-order chi connectivity index (χ1) is 5.81. The summed E-state index contributed by atoms with van der Waals surface area (Å²) in [6.45, 7) is 3.10. The van der Waals surface area contributed by atoms with Crippen molar-refractivity contribution in [1.82, 2.24) is 5.32 Å². The highest BCUT2D eigenvalue weighted by Gasteiger charge is 2.36. The Hall–Kier alpha value is -0.760. The molecule has 2 rings (SSSR count). The maximum absolute atomic E-state index is 5.66. The number of nitrogens with one attached hydrogen (secondary N) is 1. The van der Waals surface area contributed by atoms with Gasteiger partial charge >= 0.3 is 0 Å². The zero-order chi connectivity index (χ0) is 8.55. The summed E-state index contributed by atoms with van der Waals surface area (Å²) in [7, 11) is 1.93. The fraction of sp³-hybridized carbons (Fsp3) is 0.600. The summed E-state index contributed by atoms with van der Waals surface area (Å²) in [6, 6.07) is 4.18. The number of hydrogen-bond donors (Lipinski definition) is 1. The van der Waals surface area contributed by atoms with Crippen LogP contribution in [0, 0.1) is 5.92 Å². The first kappa shape index (κ1) is 7.87. The largest absolute Gasteiger partial charge is 0.464 e. The van der Waals surface area contributed by atoms with Gasteiger partial charge in [-0.15, -0.1) is 0 Å². The Morgan fingerprint density at radius 3 is 2.92 bits per heavy atom. The van der Waals surface area contributed by atoms with Crippen LogP contribution in [0.25, 0.3) is 0 Å². The molecule has 0 unspecified atom stereocenters. The van der Waals surface area contributed by atoms with Gasteiger partial charge in [-0.25, -0.2) is 0 Å². The lowest BCUT2D eigenvalue weighted by atomic mass is 10.3. The highest BCUT2D eigenvalue weighted by atomic mass is 16.3. The third kappa shape index (κ3) is 1.39. The van der Waals surface area contributed by atoms with Crippen molar-refractivity contribution in [3.05, 3.63) is 23.7 Å². The molecule has 0 saturated heterocycles. The average Bonchev–Trinajstić information content (AvgIpc) is 2.62. The Bertz CT molecular complexity index is 267. The Morgan fingerprint density at radius 2 is 2.33 bits per heavy atom. The van der Waals surface area contributed by atoms with Gasteiger partial charge in [0.05, 0.1) is 6.54 Å². The molecule has 1 heterocycles. The van der Waals surface area contributed by atoms with Crippen molar-refractivity contribution in [2.75, 3.05) is 7.05 Å². The lowest BCUT2D eigenvalue weighted by Crippen LogP contribution is -2.03. The topological polar surface area (TPSA) is 25.2 Å². The van der Waals surface area contributed by atoms with Gasteiger partial charge in [0.25, 0.3) is 0 Å². The van der Waals surface area contributed by atoms with E-state index in [-0.39, 0.29) is 0 Å². The van der Waals surface area contributed by atoms with Crippen LogP contribution in [0.2, 0.25) is 0 Å². The van der Waals surface area contributed by atoms with Gasteiger partial charge in [0.2, 0.25) is 0 Å². The summed E-state index contributed by atoms with van der Waals surface area (Å²) in [5, 5.41) is 3.07. The monoisotopic (exact) mass is 165 g/mol. The highest BCUT2D eigenvalue weighted by molar-refractivity contribution is 5.17. The molecule has 0 amide bonds. The molecule has 2 nitrogen and oxygen atoms in total. The molecule has 1 fully saturated rings. The number of rotatable bonds is 3. The maximum atomic E-state index is 5.66. The first-order valence-corrected chi connectivity index (χ1v) is 4.54. The van der Waals surface area contributed by atoms with Gasteiger partial charge in [-0.05, 0) is 31.5 Å². The molecule has 0 aliphatic heterocycles. The maximum Gasteiger partial charge on any atom is 0.117 e. The van der Waals surface area contributed by atoms with Crippen LogP contribution in [-0.2, 0) is 6.54 Å². The molecule has 2 heteroatoms.